The lowest BCUT2D eigenvalue weighted by atomic mass is 10.1. The van der Waals surface area contributed by atoms with Gasteiger partial charge in [0, 0.05) is 6.07 Å². The van der Waals surface area contributed by atoms with E-state index in [1.54, 1.807) is 0 Å². The highest BCUT2D eigenvalue weighted by molar-refractivity contribution is 6.39. The van der Waals surface area contributed by atoms with Crippen LogP contribution in [0.15, 0.2) is 36.4 Å². The molecular weight excluding hydrogens is 431 g/mol. The molecule has 5 nitrogen and oxygen atoms in total. The Morgan fingerprint density at radius 3 is 2.11 bits per heavy atom. The number of halogens is 6. The van der Waals surface area contributed by atoms with Crippen LogP contribution in [0.1, 0.15) is 20.7 Å². The predicted octanol–water partition coefficient (Wildman–Crippen LogP) is 5.24. The zero-order valence-corrected chi connectivity index (χ0v) is 15.1. The van der Waals surface area contributed by atoms with Crippen molar-refractivity contribution in [2.24, 2.45) is 0 Å². The molecule has 0 aliphatic heterocycles. The molecule has 11 heteroatoms. The number of hydrogen-bond donors (Lipinski definition) is 0. The molecule has 0 saturated carbocycles. The van der Waals surface area contributed by atoms with E-state index < -0.39 is 48.6 Å². The summed E-state index contributed by atoms with van der Waals surface area (Å²) in [6, 6.07) is 6.81. The second-order valence-corrected chi connectivity index (χ2v) is 5.83. The van der Waals surface area contributed by atoms with Gasteiger partial charge in [0.1, 0.15) is 11.5 Å². The molecule has 0 atom stereocenters. The fourth-order valence-corrected chi connectivity index (χ4v) is 2.63. The largest absolute Gasteiger partial charge is 0.454 e. The summed E-state index contributed by atoms with van der Waals surface area (Å²) >= 11 is 11.7. The summed E-state index contributed by atoms with van der Waals surface area (Å²) < 4.78 is 62.6. The van der Waals surface area contributed by atoms with Crippen LogP contribution in [-0.2, 0) is 4.74 Å². The molecule has 2 rings (SSSR count). The molecule has 0 heterocycles. The van der Waals surface area contributed by atoms with Gasteiger partial charge in [0.2, 0.25) is 5.78 Å². The highest BCUT2D eigenvalue weighted by Crippen LogP contribution is 2.29. The average Bonchev–Trinajstić information content (AvgIpc) is 2.58. The van der Waals surface area contributed by atoms with Gasteiger partial charge in [-0.3, -0.25) is 4.79 Å². The highest BCUT2D eigenvalue weighted by atomic mass is 35.5. The first kappa shape index (κ1) is 21.8. The van der Waals surface area contributed by atoms with Crippen LogP contribution in [0.3, 0.4) is 0 Å². The van der Waals surface area contributed by atoms with Gasteiger partial charge >= 0.3 is 19.2 Å². The third-order valence-electron chi connectivity index (χ3n) is 3.20. The number of carbonyl (C=O) groups excluding carboxylic acids is 2. The quantitative estimate of drug-likeness (QED) is 0.319. The lowest BCUT2D eigenvalue weighted by molar-refractivity contribution is -0.0545. The molecule has 0 spiro atoms. The van der Waals surface area contributed by atoms with Crippen molar-refractivity contribution in [1.82, 2.24) is 0 Å². The van der Waals surface area contributed by atoms with Crippen molar-refractivity contribution >= 4 is 35.0 Å². The molecule has 28 heavy (non-hydrogen) atoms. The molecule has 0 unspecified atom stereocenters. The molecule has 0 amide bonds. The molecule has 0 aromatic heterocycles. The Morgan fingerprint density at radius 1 is 0.929 bits per heavy atom. The van der Waals surface area contributed by atoms with Gasteiger partial charge in [-0.05, 0) is 24.3 Å². The number of Topliss-reactive ketones (excluding diaryl/α,β-unsaturated/α-hetero) is 1. The average molecular weight is 441 g/mol. The van der Waals surface area contributed by atoms with Gasteiger partial charge in [0.05, 0.1) is 21.2 Å². The van der Waals surface area contributed by atoms with Crippen LogP contribution in [0.5, 0.6) is 11.5 Å². The Morgan fingerprint density at radius 2 is 1.54 bits per heavy atom. The van der Waals surface area contributed by atoms with E-state index in [1.807, 2.05) is 0 Å². The van der Waals surface area contributed by atoms with Gasteiger partial charge < -0.3 is 14.2 Å². The molecule has 2 aromatic carbocycles. The van der Waals surface area contributed by atoms with Gasteiger partial charge in [0.15, 0.2) is 6.61 Å². The van der Waals surface area contributed by atoms with E-state index in [9.17, 15) is 27.2 Å². The van der Waals surface area contributed by atoms with Gasteiger partial charge in [-0.1, -0.05) is 29.3 Å². The maximum atomic E-state index is 12.5. The number of ether oxygens (including phenoxy) is 3. The standard InChI is InChI=1S/C17H10Cl2F4O5/c18-10-2-1-3-11(19)14(10)15(25)26-7-12(24)9-5-4-8(27-16(20)21)6-13(9)28-17(22)23/h1-6,16-17H,7H2. The summed E-state index contributed by atoms with van der Waals surface area (Å²) in [6.07, 6.45) is 0. The number of esters is 1. The first-order valence-corrected chi connectivity index (χ1v) is 8.12. The van der Waals surface area contributed by atoms with E-state index in [0.717, 1.165) is 12.1 Å². The molecule has 0 aliphatic rings. The Balaban J connectivity index is 2.17. The van der Waals surface area contributed by atoms with Gasteiger partial charge in [-0.25, -0.2) is 4.79 Å². The van der Waals surface area contributed by atoms with Crippen molar-refractivity contribution in [2.75, 3.05) is 6.61 Å². The number of alkyl halides is 4. The maximum Gasteiger partial charge on any atom is 0.387 e. The molecule has 0 fully saturated rings. The molecule has 0 N–H and O–H groups in total. The van der Waals surface area contributed by atoms with Crippen LogP contribution < -0.4 is 9.47 Å². The zero-order valence-electron chi connectivity index (χ0n) is 13.6. The summed E-state index contributed by atoms with van der Waals surface area (Å²) in [5, 5.41) is -0.0275. The van der Waals surface area contributed by atoms with Gasteiger partial charge in [-0.2, -0.15) is 17.6 Å². The second-order valence-electron chi connectivity index (χ2n) is 5.01. The zero-order chi connectivity index (χ0) is 20.8. The van der Waals surface area contributed by atoms with E-state index in [0.29, 0.717) is 6.07 Å². The highest BCUT2D eigenvalue weighted by Gasteiger charge is 2.21. The number of rotatable bonds is 8. The smallest absolute Gasteiger partial charge is 0.387 e. The molecule has 0 saturated heterocycles. The van der Waals surface area contributed by atoms with E-state index in [2.05, 4.69) is 9.47 Å². The normalized spacial score (nSPS) is 10.9. The fraction of sp³-hybridized carbons (Fsp3) is 0.176. The lowest BCUT2D eigenvalue weighted by Gasteiger charge is -2.13. The van der Waals surface area contributed by atoms with E-state index in [4.69, 9.17) is 27.9 Å². The Kier molecular flexibility index (Phi) is 7.47. The van der Waals surface area contributed by atoms with E-state index in [1.165, 1.54) is 18.2 Å². The SMILES string of the molecule is O=C(COC(=O)c1c(Cl)cccc1Cl)c1ccc(OC(F)F)cc1OC(F)F. The van der Waals surface area contributed by atoms with Crippen molar-refractivity contribution in [3.05, 3.63) is 57.6 Å². The summed E-state index contributed by atoms with van der Waals surface area (Å²) in [6.45, 7) is -7.41. The van der Waals surface area contributed by atoms with Gasteiger partial charge in [0.25, 0.3) is 0 Å². The van der Waals surface area contributed by atoms with Crippen LogP contribution >= 0.6 is 23.2 Å². The van der Waals surface area contributed by atoms with Crippen LogP contribution in [-0.4, -0.2) is 31.6 Å². The first-order valence-electron chi connectivity index (χ1n) is 7.37. The Hall–Kier alpha value is -2.52. The molecule has 0 bridgehead atoms. The van der Waals surface area contributed by atoms with Crippen LogP contribution in [0.2, 0.25) is 10.0 Å². The minimum absolute atomic E-state index is 0.0137. The van der Waals surface area contributed by atoms with Gasteiger partial charge in [-0.15, -0.1) is 0 Å². The third kappa shape index (κ3) is 5.74. The monoisotopic (exact) mass is 440 g/mol. The third-order valence-corrected chi connectivity index (χ3v) is 3.83. The predicted molar refractivity (Wildman–Crippen MR) is 90.8 cm³/mol. The molecule has 0 radical (unpaired) electrons. The number of hydrogen-bond acceptors (Lipinski definition) is 5. The summed E-state index contributed by atoms with van der Waals surface area (Å²) in [4.78, 5) is 24.3. The fourth-order valence-electron chi connectivity index (χ4n) is 2.08. The van der Waals surface area contributed by atoms with Crippen LogP contribution in [0.25, 0.3) is 0 Å². The number of benzene rings is 2. The van der Waals surface area contributed by atoms with E-state index in [-0.39, 0.29) is 15.6 Å². The molecule has 150 valence electrons. The minimum Gasteiger partial charge on any atom is -0.454 e. The second kappa shape index (κ2) is 9.61. The van der Waals surface area contributed by atoms with Crippen LogP contribution in [0, 0.1) is 0 Å². The van der Waals surface area contributed by atoms with Crippen LogP contribution in [0.4, 0.5) is 17.6 Å². The Labute approximate surface area is 165 Å². The first-order chi connectivity index (χ1) is 13.2. The lowest BCUT2D eigenvalue weighted by Crippen LogP contribution is -2.17. The summed E-state index contributed by atoms with van der Waals surface area (Å²) in [5.74, 6) is -3.17. The molecule has 0 aliphatic carbocycles. The van der Waals surface area contributed by atoms with Crippen molar-refractivity contribution in [3.8, 4) is 11.5 Å². The van der Waals surface area contributed by atoms with Crippen molar-refractivity contribution in [2.45, 2.75) is 13.2 Å². The molecular formula is C17H10Cl2F4O5. The topological polar surface area (TPSA) is 61.8 Å². The number of ketones is 1. The summed E-state index contributed by atoms with van der Waals surface area (Å²) in [7, 11) is 0. The Bertz CT molecular complexity index is 856. The van der Waals surface area contributed by atoms with Crippen molar-refractivity contribution < 1.29 is 41.4 Å². The molecule has 2 aromatic rings. The minimum atomic E-state index is -3.34. The van der Waals surface area contributed by atoms with Crippen molar-refractivity contribution in [3.63, 3.8) is 0 Å². The summed E-state index contributed by atoms with van der Waals surface area (Å²) in [5.41, 5.74) is -0.608. The maximum absolute atomic E-state index is 12.5. The van der Waals surface area contributed by atoms with Crippen molar-refractivity contribution in [1.29, 1.82) is 0 Å². The van der Waals surface area contributed by atoms with E-state index >= 15 is 0 Å². The number of carbonyl (C=O) groups is 2.